The fourth-order valence-electron chi connectivity index (χ4n) is 1.88. The highest BCUT2D eigenvalue weighted by Crippen LogP contribution is 2.27. The molecule has 0 aromatic rings. The van der Waals surface area contributed by atoms with Gasteiger partial charge in [-0.05, 0) is 19.9 Å². The number of hydrogen-bond donors (Lipinski definition) is 0. The lowest BCUT2D eigenvalue weighted by molar-refractivity contribution is -0.124. The molecule has 13 heavy (non-hydrogen) atoms. The second-order valence-corrected chi connectivity index (χ2v) is 9.10. The predicted molar refractivity (Wildman–Crippen MR) is 57.6 cm³/mol. The average Bonchev–Trinajstić information content (AvgIpc) is 1.82. The van der Waals surface area contributed by atoms with E-state index in [-0.39, 0.29) is 17.1 Å². The molecule has 0 saturated carbocycles. The first-order chi connectivity index (χ1) is 5.83. The van der Waals surface area contributed by atoms with E-state index in [9.17, 15) is 9.59 Å². The highest BCUT2D eigenvalue weighted by Gasteiger charge is 2.37. The van der Waals surface area contributed by atoms with Crippen molar-refractivity contribution in [3.8, 4) is 0 Å². The lowest BCUT2D eigenvalue weighted by atomic mass is 10.2. The minimum atomic E-state index is -1.78. The van der Waals surface area contributed by atoms with E-state index < -0.39 is 8.07 Å². The third kappa shape index (κ3) is 3.26. The Hall–Kier alpha value is -0.703. The zero-order valence-electron chi connectivity index (χ0n) is 8.89. The lowest BCUT2D eigenvalue weighted by Gasteiger charge is -2.27. The van der Waals surface area contributed by atoms with E-state index in [1.807, 2.05) is 6.08 Å². The predicted octanol–water partition coefficient (Wildman–Crippen LogP) is 2.43. The number of carbonyl (C=O) groups excluding carboxylic acids is 2. The molecule has 0 N–H and O–H groups in total. The van der Waals surface area contributed by atoms with E-state index in [4.69, 9.17) is 0 Å². The number of carbonyl (C=O) groups is 2. The Morgan fingerprint density at radius 2 is 1.69 bits per heavy atom. The van der Waals surface area contributed by atoms with Gasteiger partial charge in [-0.3, -0.25) is 9.59 Å². The number of Topliss-reactive ketones (excluding diaryl/α,β-unsaturated/α-hetero) is 2. The quantitative estimate of drug-likeness (QED) is 0.386. The summed E-state index contributed by atoms with van der Waals surface area (Å²) < 4.78 is 0. The summed E-state index contributed by atoms with van der Waals surface area (Å²) >= 11 is 0. The molecule has 0 aliphatic heterocycles. The monoisotopic (exact) mass is 198 g/mol. The van der Waals surface area contributed by atoms with Crippen molar-refractivity contribution in [2.45, 2.75) is 38.5 Å². The highest BCUT2D eigenvalue weighted by atomic mass is 28.3. The van der Waals surface area contributed by atoms with E-state index in [1.165, 1.54) is 13.8 Å². The van der Waals surface area contributed by atoms with Crippen molar-refractivity contribution >= 4 is 19.6 Å². The van der Waals surface area contributed by atoms with Crippen LogP contribution in [-0.2, 0) is 9.59 Å². The fourth-order valence-corrected chi connectivity index (χ4v) is 5.06. The lowest BCUT2D eigenvalue weighted by Crippen LogP contribution is -2.39. The molecule has 0 aromatic heterocycles. The van der Waals surface area contributed by atoms with Gasteiger partial charge in [-0.15, -0.1) is 6.58 Å². The first kappa shape index (κ1) is 12.3. The molecular formula is C10H18O2Si. The third-order valence-corrected chi connectivity index (χ3v) is 5.98. The minimum absolute atomic E-state index is 0.00557. The van der Waals surface area contributed by atoms with Crippen molar-refractivity contribution in [1.29, 1.82) is 0 Å². The molecule has 0 radical (unpaired) electrons. The van der Waals surface area contributed by atoms with Crippen LogP contribution in [0.3, 0.4) is 0 Å². The molecule has 0 aliphatic carbocycles. The molecule has 0 aliphatic rings. The summed E-state index contributed by atoms with van der Waals surface area (Å²) in [4.78, 5) is 22.6. The molecule has 0 fully saturated rings. The summed E-state index contributed by atoms with van der Waals surface area (Å²) in [7, 11) is -1.78. The highest BCUT2D eigenvalue weighted by molar-refractivity contribution is 6.85. The number of rotatable bonds is 5. The largest absolute Gasteiger partial charge is 0.300 e. The maximum atomic E-state index is 11.3. The van der Waals surface area contributed by atoms with Crippen LogP contribution in [0.2, 0.25) is 24.7 Å². The summed E-state index contributed by atoms with van der Waals surface area (Å²) in [5.41, 5.74) is -0.356. The maximum Gasteiger partial charge on any atom is 0.137 e. The smallest absolute Gasteiger partial charge is 0.137 e. The van der Waals surface area contributed by atoms with Crippen molar-refractivity contribution in [3.05, 3.63) is 12.7 Å². The molecule has 0 spiro atoms. The van der Waals surface area contributed by atoms with Gasteiger partial charge in [0.2, 0.25) is 0 Å². The van der Waals surface area contributed by atoms with Gasteiger partial charge in [0, 0.05) is 0 Å². The normalized spacial score (nSPS) is 11.5. The Morgan fingerprint density at radius 3 is 1.92 bits per heavy atom. The zero-order valence-corrected chi connectivity index (χ0v) is 9.89. The van der Waals surface area contributed by atoms with Gasteiger partial charge in [0.15, 0.2) is 0 Å². The molecule has 0 heterocycles. The summed E-state index contributed by atoms with van der Waals surface area (Å²) in [5.74, 6) is 0.0111. The van der Waals surface area contributed by atoms with Crippen molar-refractivity contribution < 1.29 is 9.59 Å². The summed E-state index contributed by atoms with van der Waals surface area (Å²) in [6.45, 7) is 10.8. The minimum Gasteiger partial charge on any atom is -0.300 e. The van der Waals surface area contributed by atoms with Crippen LogP contribution in [0, 0.1) is 0 Å². The Morgan fingerprint density at radius 1 is 1.31 bits per heavy atom. The van der Waals surface area contributed by atoms with Gasteiger partial charge in [0.1, 0.15) is 11.6 Å². The molecule has 0 rings (SSSR count). The second-order valence-electron chi connectivity index (χ2n) is 4.14. The summed E-state index contributed by atoms with van der Waals surface area (Å²) in [5, 5.41) is 0. The molecule has 0 saturated heterocycles. The van der Waals surface area contributed by atoms with Crippen LogP contribution < -0.4 is 0 Å². The zero-order chi connectivity index (χ0) is 10.6. The van der Waals surface area contributed by atoms with Crippen LogP contribution in [0.1, 0.15) is 13.8 Å². The van der Waals surface area contributed by atoms with Crippen molar-refractivity contribution in [2.24, 2.45) is 0 Å². The van der Waals surface area contributed by atoms with Gasteiger partial charge in [-0.1, -0.05) is 19.2 Å². The van der Waals surface area contributed by atoms with Crippen LogP contribution >= 0.6 is 0 Å². The average molecular weight is 198 g/mol. The van der Waals surface area contributed by atoms with Gasteiger partial charge in [-0.25, -0.2) is 0 Å². The first-order valence-electron chi connectivity index (χ1n) is 4.44. The van der Waals surface area contributed by atoms with Gasteiger partial charge in [0.05, 0.1) is 13.6 Å². The van der Waals surface area contributed by atoms with E-state index in [0.717, 1.165) is 6.04 Å². The second kappa shape index (κ2) is 4.51. The summed E-state index contributed by atoms with van der Waals surface area (Å²) in [6.07, 6.45) is 1.81. The molecule has 0 amide bonds. The molecule has 0 unspecified atom stereocenters. The Labute approximate surface area is 81.0 Å². The molecular weight excluding hydrogens is 180 g/mol. The van der Waals surface area contributed by atoms with E-state index in [0.29, 0.717) is 0 Å². The number of ketones is 2. The van der Waals surface area contributed by atoms with E-state index in [1.54, 1.807) is 0 Å². The number of hydrogen-bond acceptors (Lipinski definition) is 2. The van der Waals surface area contributed by atoms with Crippen LogP contribution in [0.25, 0.3) is 0 Å². The van der Waals surface area contributed by atoms with E-state index >= 15 is 0 Å². The molecule has 74 valence electrons. The van der Waals surface area contributed by atoms with Crippen LogP contribution in [-0.4, -0.2) is 19.6 Å². The van der Waals surface area contributed by atoms with Crippen LogP contribution in [0.4, 0.5) is 0 Å². The number of allylic oxidation sites excluding steroid dienone is 1. The van der Waals surface area contributed by atoms with Crippen molar-refractivity contribution in [1.82, 2.24) is 0 Å². The molecule has 0 bridgehead atoms. The van der Waals surface area contributed by atoms with E-state index in [2.05, 4.69) is 19.7 Å². The van der Waals surface area contributed by atoms with Crippen molar-refractivity contribution in [2.75, 3.05) is 0 Å². The van der Waals surface area contributed by atoms with Crippen LogP contribution in [0.15, 0.2) is 12.7 Å². The summed E-state index contributed by atoms with van der Waals surface area (Å²) in [6, 6.07) is 0.816. The fraction of sp³-hybridized carbons (Fsp3) is 0.600. The van der Waals surface area contributed by atoms with Gasteiger partial charge < -0.3 is 0 Å². The SMILES string of the molecule is C=CC[Si](C)(C)C(C(C)=O)C(C)=O. The first-order valence-corrected chi connectivity index (χ1v) is 7.73. The Bertz CT molecular complexity index is 217. The molecule has 2 nitrogen and oxygen atoms in total. The van der Waals surface area contributed by atoms with Gasteiger partial charge in [0.25, 0.3) is 0 Å². The molecule has 3 heteroatoms. The van der Waals surface area contributed by atoms with Gasteiger partial charge in [-0.2, -0.15) is 0 Å². The Balaban J connectivity index is 4.82. The van der Waals surface area contributed by atoms with Crippen molar-refractivity contribution in [3.63, 3.8) is 0 Å². The standard InChI is InChI=1S/C10H18O2Si/c1-6-7-13(4,5)10(8(2)11)9(3)12/h6,10H,1,7H2,2-5H3. The van der Waals surface area contributed by atoms with Gasteiger partial charge >= 0.3 is 0 Å². The topological polar surface area (TPSA) is 34.1 Å². The Kier molecular flexibility index (Phi) is 4.27. The molecule has 0 aromatic carbocycles. The maximum absolute atomic E-state index is 11.3. The third-order valence-electron chi connectivity index (χ3n) is 2.26. The van der Waals surface area contributed by atoms with Crippen LogP contribution in [0.5, 0.6) is 0 Å². The molecule has 0 atom stereocenters.